The van der Waals surface area contributed by atoms with Gasteiger partial charge in [-0.15, -0.1) is 24.0 Å². The van der Waals surface area contributed by atoms with E-state index in [0.717, 1.165) is 24.6 Å². The number of ether oxygens (including phenoxy) is 2. The highest BCUT2D eigenvalue weighted by Crippen LogP contribution is 2.06. The second-order valence-electron chi connectivity index (χ2n) is 4.43. The summed E-state index contributed by atoms with van der Waals surface area (Å²) < 4.78 is 15.8. The molecule has 6 nitrogen and oxygen atoms in total. The lowest BCUT2D eigenvalue weighted by Gasteiger charge is -2.34. The number of nitrogens with zero attached hydrogens (tertiary/aromatic N) is 2. The molecule has 7 heteroatoms. The minimum Gasteiger partial charge on any atom is -0.472 e. The van der Waals surface area contributed by atoms with E-state index in [2.05, 4.69) is 15.2 Å². The van der Waals surface area contributed by atoms with Crippen molar-refractivity contribution in [3.63, 3.8) is 0 Å². The molecule has 1 unspecified atom stereocenters. The molecule has 0 saturated carbocycles. The van der Waals surface area contributed by atoms with Crippen molar-refractivity contribution in [3.8, 4) is 0 Å². The van der Waals surface area contributed by atoms with Crippen molar-refractivity contribution >= 4 is 29.9 Å². The van der Waals surface area contributed by atoms with Gasteiger partial charge in [-0.05, 0) is 6.07 Å². The minimum atomic E-state index is 0. The molecule has 0 spiro atoms. The third-order valence-electron chi connectivity index (χ3n) is 3.03. The molecule has 114 valence electrons. The largest absolute Gasteiger partial charge is 0.472 e. The number of hydrogen-bond acceptors (Lipinski definition) is 4. The number of methoxy groups -OCH3 is 1. The summed E-state index contributed by atoms with van der Waals surface area (Å²) in [6, 6.07) is 1.94. The van der Waals surface area contributed by atoms with Crippen LogP contribution in [0.4, 0.5) is 0 Å². The average molecular weight is 395 g/mol. The first kappa shape index (κ1) is 17.3. The zero-order valence-electron chi connectivity index (χ0n) is 11.9. The zero-order valence-corrected chi connectivity index (χ0v) is 14.2. The Balaban J connectivity index is 0.00000200. The summed E-state index contributed by atoms with van der Waals surface area (Å²) in [4.78, 5) is 6.50. The van der Waals surface area contributed by atoms with Crippen LogP contribution in [-0.2, 0) is 16.0 Å². The van der Waals surface area contributed by atoms with Gasteiger partial charge in [0.15, 0.2) is 5.96 Å². The SMILES string of the molecule is CN=C(NCc1ccoc1)N1CCOC(COC)C1.I. The zero-order chi connectivity index (χ0) is 13.5. The summed E-state index contributed by atoms with van der Waals surface area (Å²) in [5.74, 6) is 0.880. The monoisotopic (exact) mass is 395 g/mol. The van der Waals surface area contributed by atoms with Crippen molar-refractivity contribution in [2.75, 3.05) is 40.5 Å². The first-order valence-electron chi connectivity index (χ1n) is 6.40. The van der Waals surface area contributed by atoms with Crippen LogP contribution in [0.25, 0.3) is 0 Å². The van der Waals surface area contributed by atoms with E-state index in [9.17, 15) is 0 Å². The topological polar surface area (TPSA) is 59.2 Å². The molecule has 0 aromatic carbocycles. The van der Waals surface area contributed by atoms with Crippen molar-refractivity contribution in [1.29, 1.82) is 0 Å². The van der Waals surface area contributed by atoms with E-state index in [1.165, 1.54) is 0 Å². The van der Waals surface area contributed by atoms with Crippen molar-refractivity contribution in [1.82, 2.24) is 10.2 Å². The first-order valence-corrected chi connectivity index (χ1v) is 6.40. The molecule has 0 aliphatic carbocycles. The molecular weight excluding hydrogens is 373 g/mol. The Bertz CT molecular complexity index is 396. The molecular formula is C13H22IN3O3. The minimum absolute atomic E-state index is 0. The van der Waals surface area contributed by atoms with E-state index >= 15 is 0 Å². The highest BCUT2D eigenvalue weighted by atomic mass is 127. The van der Waals surface area contributed by atoms with E-state index in [1.54, 1.807) is 26.7 Å². The number of furan rings is 1. The Morgan fingerprint density at radius 2 is 2.45 bits per heavy atom. The molecule has 0 radical (unpaired) electrons. The van der Waals surface area contributed by atoms with E-state index in [0.29, 0.717) is 19.8 Å². The summed E-state index contributed by atoms with van der Waals surface area (Å²) in [6.07, 6.45) is 3.50. The van der Waals surface area contributed by atoms with Gasteiger partial charge in [0.05, 0.1) is 31.8 Å². The summed E-state index contributed by atoms with van der Waals surface area (Å²) in [5.41, 5.74) is 1.10. The molecule has 1 aromatic heterocycles. The number of nitrogens with one attached hydrogen (secondary N) is 1. The molecule has 1 fully saturated rings. The van der Waals surface area contributed by atoms with Gasteiger partial charge < -0.3 is 24.1 Å². The van der Waals surface area contributed by atoms with Gasteiger partial charge >= 0.3 is 0 Å². The molecule has 1 aromatic rings. The molecule has 1 saturated heterocycles. The standard InChI is InChI=1S/C13H21N3O3.HI/c1-14-13(15-7-11-3-5-18-9-11)16-4-6-19-12(8-16)10-17-2;/h3,5,9,12H,4,6-8,10H2,1-2H3,(H,14,15);1H. The fourth-order valence-corrected chi connectivity index (χ4v) is 2.11. The summed E-state index contributed by atoms with van der Waals surface area (Å²) in [6.45, 7) is 3.63. The number of guanidine groups is 1. The van der Waals surface area contributed by atoms with Crippen LogP contribution in [0.2, 0.25) is 0 Å². The Morgan fingerprint density at radius 1 is 1.60 bits per heavy atom. The predicted octanol–water partition coefficient (Wildman–Crippen LogP) is 1.32. The molecule has 1 aliphatic heterocycles. The molecule has 1 atom stereocenters. The van der Waals surface area contributed by atoms with Gasteiger partial charge in [-0.3, -0.25) is 4.99 Å². The normalized spacial score (nSPS) is 19.6. The number of rotatable bonds is 4. The van der Waals surface area contributed by atoms with Crippen LogP contribution in [0, 0.1) is 0 Å². The lowest BCUT2D eigenvalue weighted by molar-refractivity contribution is -0.0447. The maximum Gasteiger partial charge on any atom is 0.194 e. The second kappa shape index (κ2) is 9.19. The average Bonchev–Trinajstić information content (AvgIpc) is 2.94. The Kier molecular flexibility index (Phi) is 7.93. The van der Waals surface area contributed by atoms with Crippen LogP contribution in [0.5, 0.6) is 0 Å². The van der Waals surface area contributed by atoms with Gasteiger partial charge in [0.2, 0.25) is 0 Å². The van der Waals surface area contributed by atoms with E-state index in [-0.39, 0.29) is 30.1 Å². The fourth-order valence-electron chi connectivity index (χ4n) is 2.11. The Labute approximate surface area is 136 Å². The van der Waals surface area contributed by atoms with Gasteiger partial charge in [0, 0.05) is 39.4 Å². The van der Waals surface area contributed by atoms with Crippen LogP contribution in [0.1, 0.15) is 5.56 Å². The highest BCUT2D eigenvalue weighted by Gasteiger charge is 2.22. The van der Waals surface area contributed by atoms with Gasteiger partial charge in [0.1, 0.15) is 0 Å². The van der Waals surface area contributed by atoms with Crippen molar-refractivity contribution in [3.05, 3.63) is 24.2 Å². The number of morpholine rings is 1. The van der Waals surface area contributed by atoms with Gasteiger partial charge in [-0.25, -0.2) is 0 Å². The quantitative estimate of drug-likeness (QED) is 0.474. The molecule has 2 rings (SSSR count). The van der Waals surface area contributed by atoms with Gasteiger partial charge in [-0.1, -0.05) is 0 Å². The summed E-state index contributed by atoms with van der Waals surface area (Å²) >= 11 is 0. The lowest BCUT2D eigenvalue weighted by atomic mass is 10.3. The van der Waals surface area contributed by atoms with Crippen LogP contribution >= 0.6 is 24.0 Å². The van der Waals surface area contributed by atoms with Crippen LogP contribution in [0.15, 0.2) is 28.0 Å². The molecule has 0 bridgehead atoms. The van der Waals surface area contributed by atoms with Crippen molar-refractivity contribution in [2.24, 2.45) is 4.99 Å². The van der Waals surface area contributed by atoms with E-state index < -0.39 is 0 Å². The van der Waals surface area contributed by atoms with E-state index in [4.69, 9.17) is 13.9 Å². The van der Waals surface area contributed by atoms with Crippen molar-refractivity contribution < 1.29 is 13.9 Å². The number of aliphatic imine (C=N–C) groups is 1. The Hall–Kier alpha value is -0.800. The molecule has 0 amide bonds. The third-order valence-corrected chi connectivity index (χ3v) is 3.03. The Morgan fingerprint density at radius 3 is 3.10 bits per heavy atom. The van der Waals surface area contributed by atoms with Crippen LogP contribution in [-0.4, -0.2) is 57.4 Å². The maximum absolute atomic E-state index is 5.63. The summed E-state index contributed by atoms with van der Waals surface area (Å²) in [5, 5.41) is 3.32. The summed E-state index contributed by atoms with van der Waals surface area (Å²) in [7, 11) is 3.48. The number of halogens is 1. The smallest absolute Gasteiger partial charge is 0.194 e. The second-order valence-corrected chi connectivity index (χ2v) is 4.43. The van der Waals surface area contributed by atoms with Crippen molar-refractivity contribution in [2.45, 2.75) is 12.6 Å². The maximum atomic E-state index is 5.63. The molecule has 20 heavy (non-hydrogen) atoms. The molecule has 2 heterocycles. The lowest BCUT2D eigenvalue weighted by Crippen LogP contribution is -2.51. The van der Waals surface area contributed by atoms with Gasteiger partial charge in [0.25, 0.3) is 0 Å². The number of hydrogen-bond donors (Lipinski definition) is 1. The molecule has 1 aliphatic rings. The predicted molar refractivity (Wildman–Crippen MR) is 87.5 cm³/mol. The van der Waals surface area contributed by atoms with Crippen LogP contribution < -0.4 is 5.32 Å². The van der Waals surface area contributed by atoms with Crippen LogP contribution in [0.3, 0.4) is 0 Å². The first-order chi connectivity index (χ1) is 9.33. The van der Waals surface area contributed by atoms with Gasteiger partial charge in [-0.2, -0.15) is 0 Å². The fraction of sp³-hybridized carbons (Fsp3) is 0.615. The van der Waals surface area contributed by atoms with E-state index in [1.807, 2.05) is 6.07 Å². The highest BCUT2D eigenvalue weighted by molar-refractivity contribution is 14.0. The third kappa shape index (κ3) is 4.95. The molecule has 1 N–H and O–H groups in total.